The van der Waals surface area contributed by atoms with Crippen LogP contribution in [0.3, 0.4) is 0 Å². The first-order valence-corrected chi connectivity index (χ1v) is 12.2. The summed E-state index contributed by atoms with van der Waals surface area (Å²) in [6.07, 6.45) is 15.0. The molecule has 1 fully saturated rings. The van der Waals surface area contributed by atoms with Gasteiger partial charge in [-0.2, -0.15) is 0 Å². The zero-order chi connectivity index (χ0) is 25.4. The lowest BCUT2D eigenvalue weighted by atomic mass is 9.99. The molecule has 190 valence electrons. The number of ether oxygens (including phenoxy) is 1. The largest absolute Gasteiger partial charge is 0.404 e. The second-order valence-electron chi connectivity index (χ2n) is 9.13. The molecule has 7 N–H and O–H groups in total. The molecule has 0 aromatic rings. The van der Waals surface area contributed by atoms with Crippen molar-refractivity contribution in [3.63, 3.8) is 0 Å². The van der Waals surface area contributed by atoms with E-state index in [9.17, 15) is 0 Å². The van der Waals surface area contributed by atoms with Gasteiger partial charge < -0.3 is 32.2 Å². The summed E-state index contributed by atoms with van der Waals surface area (Å²) < 4.78 is 5.84. The van der Waals surface area contributed by atoms with E-state index in [1.165, 1.54) is 0 Å². The van der Waals surface area contributed by atoms with Crippen LogP contribution in [0.2, 0.25) is 0 Å². The number of aliphatic imine (C=N–C) groups is 2. The van der Waals surface area contributed by atoms with E-state index in [1.54, 1.807) is 18.6 Å². The van der Waals surface area contributed by atoms with Crippen molar-refractivity contribution >= 4 is 12.4 Å². The molecular formula is C26H40N8O. The second-order valence-corrected chi connectivity index (χ2v) is 9.13. The summed E-state index contributed by atoms with van der Waals surface area (Å²) in [5, 5.41) is 3.27. The van der Waals surface area contributed by atoms with Crippen LogP contribution in [0.4, 0.5) is 0 Å². The minimum Gasteiger partial charge on any atom is -0.404 e. The fraction of sp³-hybridized carbons (Fsp3) is 0.462. The lowest BCUT2D eigenvalue weighted by molar-refractivity contribution is -0.0488. The molecule has 1 atom stereocenters. The molecule has 1 saturated heterocycles. The van der Waals surface area contributed by atoms with Crippen LogP contribution in [0.15, 0.2) is 80.7 Å². The number of allylic oxidation sites excluding steroid dienone is 6. The quantitative estimate of drug-likeness (QED) is 0.201. The molecule has 0 radical (unpaired) electrons. The van der Waals surface area contributed by atoms with E-state index < -0.39 is 0 Å². The predicted molar refractivity (Wildman–Crippen MR) is 144 cm³/mol. The van der Waals surface area contributed by atoms with Gasteiger partial charge in [0.2, 0.25) is 0 Å². The molecule has 0 aromatic heterocycles. The summed E-state index contributed by atoms with van der Waals surface area (Å²) in [4.78, 5) is 13.6. The van der Waals surface area contributed by atoms with Crippen molar-refractivity contribution < 1.29 is 4.74 Å². The molecule has 0 bridgehead atoms. The number of nitrogens with one attached hydrogen (secondary N) is 1. The van der Waals surface area contributed by atoms with E-state index in [2.05, 4.69) is 51.9 Å². The first kappa shape index (κ1) is 26.3. The average molecular weight is 481 g/mol. The highest BCUT2D eigenvalue weighted by Gasteiger charge is 2.26. The maximum absolute atomic E-state index is 6.24. The lowest BCUT2D eigenvalue weighted by Gasteiger charge is -2.37. The van der Waals surface area contributed by atoms with Gasteiger partial charge in [0.1, 0.15) is 11.6 Å². The third-order valence-corrected chi connectivity index (χ3v) is 6.34. The van der Waals surface area contributed by atoms with Crippen LogP contribution in [-0.4, -0.2) is 74.2 Å². The number of likely N-dealkylation sites (N-methyl/N-ethyl adjacent to an activating group) is 2. The van der Waals surface area contributed by atoms with Crippen LogP contribution in [-0.2, 0) is 4.74 Å². The average Bonchev–Trinajstić information content (AvgIpc) is 2.82. The molecule has 3 aliphatic heterocycles. The molecule has 35 heavy (non-hydrogen) atoms. The number of likely N-dealkylation sites (tertiary alicyclic amines) is 1. The Morgan fingerprint density at radius 1 is 1.29 bits per heavy atom. The highest BCUT2D eigenvalue weighted by atomic mass is 16.5. The molecule has 0 saturated carbocycles. The van der Waals surface area contributed by atoms with Gasteiger partial charge in [0.05, 0.1) is 31.0 Å². The van der Waals surface area contributed by atoms with Crippen LogP contribution < -0.4 is 22.5 Å². The fourth-order valence-corrected chi connectivity index (χ4v) is 4.01. The number of rotatable bonds is 11. The SMILES string of the molecule is CCN1CC(OCCN=CC(=CN)C2=CC3C(=CC=C(N/C(N)=C/C(=C\N)C(C)C)N3C)N=C2)C1. The van der Waals surface area contributed by atoms with Crippen molar-refractivity contribution in [2.45, 2.75) is 32.9 Å². The van der Waals surface area contributed by atoms with Gasteiger partial charge in [-0.05, 0) is 48.5 Å². The highest BCUT2D eigenvalue weighted by molar-refractivity contribution is 5.99. The Kier molecular flexibility index (Phi) is 9.33. The van der Waals surface area contributed by atoms with Gasteiger partial charge in [0.15, 0.2) is 0 Å². The Morgan fingerprint density at radius 2 is 2.06 bits per heavy atom. The molecular weight excluding hydrogens is 440 g/mol. The molecule has 3 heterocycles. The Bertz CT molecular complexity index is 993. The Balaban J connectivity index is 1.59. The number of hydrogen-bond donors (Lipinski definition) is 4. The smallest absolute Gasteiger partial charge is 0.107 e. The van der Waals surface area contributed by atoms with E-state index in [0.29, 0.717) is 25.1 Å². The summed E-state index contributed by atoms with van der Waals surface area (Å²) >= 11 is 0. The zero-order valence-electron chi connectivity index (χ0n) is 21.3. The maximum Gasteiger partial charge on any atom is 0.107 e. The zero-order valence-corrected chi connectivity index (χ0v) is 21.3. The number of dihydropyridines is 1. The van der Waals surface area contributed by atoms with Crippen LogP contribution in [0.25, 0.3) is 0 Å². The summed E-state index contributed by atoms with van der Waals surface area (Å²) in [6, 6.07) is -0.0586. The number of fused-ring (bicyclic) bond motifs is 1. The number of hydrogen-bond acceptors (Lipinski definition) is 9. The summed E-state index contributed by atoms with van der Waals surface area (Å²) in [5.74, 6) is 1.67. The van der Waals surface area contributed by atoms with Crippen LogP contribution in [0.1, 0.15) is 20.8 Å². The van der Waals surface area contributed by atoms with Crippen LogP contribution in [0, 0.1) is 5.92 Å². The normalized spacial score (nSPS) is 22.2. The van der Waals surface area contributed by atoms with Gasteiger partial charge >= 0.3 is 0 Å². The van der Waals surface area contributed by atoms with E-state index >= 15 is 0 Å². The summed E-state index contributed by atoms with van der Waals surface area (Å²) in [6.45, 7) is 10.6. The third kappa shape index (κ3) is 6.86. The minimum atomic E-state index is -0.0586. The van der Waals surface area contributed by atoms with Gasteiger partial charge in [0, 0.05) is 49.9 Å². The van der Waals surface area contributed by atoms with E-state index in [-0.39, 0.29) is 12.0 Å². The first-order chi connectivity index (χ1) is 16.9. The van der Waals surface area contributed by atoms with Gasteiger partial charge in [-0.1, -0.05) is 20.8 Å². The molecule has 0 aliphatic carbocycles. The maximum atomic E-state index is 6.24. The topological polar surface area (TPSA) is 131 Å². The number of nitrogens with zero attached hydrogens (tertiary/aromatic N) is 4. The van der Waals surface area contributed by atoms with Crippen molar-refractivity contribution in [1.82, 2.24) is 15.1 Å². The minimum absolute atomic E-state index is 0.0586. The van der Waals surface area contributed by atoms with Gasteiger partial charge in [-0.15, -0.1) is 0 Å². The Morgan fingerprint density at radius 3 is 2.71 bits per heavy atom. The monoisotopic (exact) mass is 480 g/mol. The van der Waals surface area contributed by atoms with Crippen LogP contribution >= 0.6 is 0 Å². The molecule has 3 rings (SSSR count). The summed E-state index contributed by atoms with van der Waals surface area (Å²) in [5.41, 5.74) is 21.5. The number of nitrogens with two attached hydrogens (primary N) is 3. The van der Waals surface area contributed by atoms with Crippen molar-refractivity contribution in [3.05, 3.63) is 70.8 Å². The molecule has 0 amide bonds. The van der Waals surface area contributed by atoms with Crippen molar-refractivity contribution in [2.24, 2.45) is 33.1 Å². The molecule has 9 heteroatoms. The molecule has 9 nitrogen and oxygen atoms in total. The first-order valence-electron chi connectivity index (χ1n) is 12.2. The van der Waals surface area contributed by atoms with E-state index in [0.717, 1.165) is 47.9 Å². The fourth-order valence-electron chi connectivity index (χ4n) is 4.01. The van der Waals surface area contributed by atoms with Gasteiger partial charge in [0.25, 0.3) is 0 Å². The highest BCUT2D eigenvalue weighted by Crippen LogP contribution is 2.27. The van der Waals surface area contributed by atoms with Crippen LogP contribution in [0.5, 0.6) is 0 Å². The second kappa shape index (κ2) is 12.4. The van der Waals surface area contributed by atoms with Gasteiger partial charge in [-0.25, -0.2) is 0 Å². The van der Waals surface area contributed by atoms with Crippen molar-refractivity contribution in [2.75, 3.05) is 39.8 Å². The molecule has 0 aromatic carbocycles. The van der Waals surface area contributed by atoms with Crippen molar-refractivity contribution in [3.8, 4) is 0 Å². The Labute approximate surface area is 209 Å². The predicted octanol–water partition coefficient (Wildman–Crippen LogP) is 1.56. The summed E-state index contributed by atoms with van der Waals surface area (Å²) in [7, 11) is 2.00. The van der Waals surface area contributed by atoms with Crippen molar-refractivity contribution in [1.29, 1.82) is 0 Å². The van der Waals surface area contributed by atoms with E-state index in [4.69, 9.17) is 21.9 Å². The molecule has 3 aliphatic rings. The lowest BCUT2D eigenvalue weighted by Crippen LogP contribution is -2.51. The van der Waals surface area contributed by atoms with E-state index in [1.807, 2.05) is 31.5 Å². The standard InChI is InChI=1S/C26H40N8O/c1-5-34-16-22(17-34)35-9-8-30-14-21(13-28)20-10-24-23(31-15-20)6-7-26(33(24)4)32-25(29)11-19(12-27)18(2)3/h6-7,10-15,18,22,24,32H,5,8-9,16-17,27-29H2,1-4H3/b19-12+,21-13?,25-11+,30-14?. The third-order valence-electron chi connectivity index (χ3n) is 6.34. The van der Waals surface area contributed by atoms with Gasteiger partial charge in [-0.3, -0.25) is 14.9 Å². The Hall–Kier alpha value is -3.30. The molecule has 1 unspecified atom stereocenters. The molecule has 0 spiro atoms.